The van der Waals surface area contributed by atoms with Crippen LogP contribution in [0, 0.1) is 5.92 Å². The Morgan fingerprint density at radius 2 is 2.25 bits per heavy atom. The highest BCUT2D eigenvalue weighted by molar-refractivity contribution is 5.72. The number of allylic oxidation sites excluding steroid dienone is 2. The molecule has 2 heteroatoms. The Bertz CT molecular complexity index is 173. The van der Waals surface area contributed by atoms with Gasteiger partial charge in [-0.25, -0.2) is 0 Å². The fourth-order valence-corrected chi connectivity index (χ4v) is 1.53. The number of ether oxygens (including phenoxy) is 1. The van der Waals surface area contributed by atoms with Crippen LogP contribution in [-0.2, 0) is 9.53 Å². The van der Waals surface area contributed by atoms with Crippen molar-refractivity contribution >= 4 is 5.97 Å². The predicted molar refractivity (Wildman–Crippen MR) is 47.7 cm³/mol. The Kier molecular flexibility index (Phi) is 3.85. The van der Waals surface area contributed by atoms with Gasteiger partial charge >= 0.3 is 5.97 Å². The number of carbonyl (C=O) groups is 1. The average Bonchev–Trinajstić information content (AvgIpc) is 2.02. The van der Waals surface area contributed by atoms with E-state index in [1.165, 1.54) is 13.5 Å². The smallest absolute Gasteiger partial charge is 0.308 e. The molecule has 0 aromatic carbocycles. The summed E-state index contributed by atoms with van der Waals surface area (Å²) >= 11 is 0. The molecule has 1 unspecified atom stereocenters. The maximum Gasteiger partial charge on any atom is 0.308 e. The second kappa shape index (κ2) is 4.96. The van der Waals surface area contributed by atoms with Crippen LogP contribution in [0.4, 0.5) is 0 Å². The molecule has 0 fully saturated rings. The maximum atomic E-state index is 11.2. The lowest BCUT2D eigenvalue weighted by Gasteiger charge is -2.13. The number of carbonyl (C=O) groups excluding carboxylic acids is 1. The van der Waals surface area contributed by atoms with E-state index in [1.54, 1.807) is 0 Å². The van der Waals surface area contributed by atoms with Crippen LogP contribution in [0.25, 0.3) is 0 Å². The van der Waals surface area contributed by atoms with E-state index in [0.29, 0.717) is 0 Å². The van der Waals surface area contributed by atoms with Gasteiger partial charge in [0.2, 0.25) is 0 Å². The first-order valence-corrected chi connectivity index (χ1v) is 4.57. The van der Waals surface area contributed by atoms with Crippen molar-refractivity contribution in [2.45, 2.75) is 32.1 Å². The Morgan fingerprint density at radius 3 is 3.00 bits per heavy atom. The van der Waals surface area contributed by atoms with Crippen molar-refractivity contribution in [1.29, 1.82) is 0 Å². The Hall–Kier alpha value is -0.790. The third-order valence-corrected chi connectivity index (χ3v) is 2.30. The highest BCUT2D eigenvalue weighted by Crippen LogP contribution is 2.18. The molecule has 68 valence electrons. The van der Waals surface area contributed by atoms with Gasteiger partial charge in [-0.3, -0.25) is 4.79 Å². The van der Waals surface area contributed by atoms with Crippen LogP contribution in [0.1, 0.15) is 32.1 Å². The SMILES string of the molecule is COC(=O)C1CC=CCCCC1. The molecule has 1 rings (SSSR count). The van der Waals surface area contributed by atoms with E-state index in [1.807, 2.05) is 0 Å². The summed E-state index contributed by atoms with van der Waals surface area (Å²) in [6.45, 7) is 0. The van der Waals surface area contributed by atoms with E-state index < -0.39 is 0 Å². The van der Waals surface area contributed by atoms with E-state index in [0.717, 1.165) is 25.7 Å². The summed E-state index contributed by atoms with van der Waals surface area (Å²) in [6, 6.07) is 0. The van der Waals surface area contributed by atoms with Crippen LogP contribution >= 0.6 is 0 Å². The van der Waals surface area contributed by atoms with Crippen molar-refractivity contribution < 1.29 is 9.53 Å². The van der Waals surface area contributed by atoms with Crippen LogP contribution < -0.4 is 0 Å². The lowest BCUT2D eigenvalue weighted by molar-refractivity contribution is -0.145. The number of hydrogen-bond acceptors (Lipinski definition) is 2. The molecule has 0 saturated carbocycles. The summed E-state index contributed by atoms with van der Waals surface area (Å²) in [5, 5.41) is 0. The summed E-state index contributed by atoms with van der Waals surface area (Å²) in [5.41, 5.74) is 0. The van der Waals surface area contributed by atoms with Crippen molar-refractivity contribution in [1.82, 2.24) is 0 Å². The topological polar surface area (TPSA) is 26.3 Å². The van der Waals surface area contributed by atoms with Gasteiger partial charge in [-0.05, 0) is 25.7 Å². The largest absolute Gasteiger partial charge is 0.469 e. The van der Waals surface area contributed by atoms with Crippen molar-refractivity contribution in [3.63, 3.8) is 0 Å². The van der Waals surface area contributed by atoms with E-state index in [4.69, 9.17) is 4.74 Å². The van der Waals surface area contributed by atoms with Crippen LogP contribution in [0.2, 0.25) is 0 Å². The summed E-state index contributed by atoms with van der Waals surface area (Å²) in [5.74, 6) is 0.0492. The molecular weight excluding hydrogens is 152 g/mol. The molecule has 0 saturated heterocycles. The van der Waals surface area contributed by atoms with Gasteiger partial charge in [0.1, 0.15) is 0 Å². The zero-order valence-corrected chi connectivity index (χ0v) is 7.58. The van der Waals surface area contributed by atoms with Gasteiger partial charge in [-0.15, -0.1) is 0 Å². The van der Waals surface area contributed by atoms with Gasteiger partial charge in [0, 0.05) is 0 Å². The molecule has 0 aliphatic heterocycles. The third kappa shape index (κ3) is 2.68. The van der Waals surface area contributed by atoms with Crippen LogP contribution in [0.3, 0.4) is 0 Å². The summed E-state index contributed by atoms with van der Waals surface area (Å²) in [4.78, 5) is 11.2. The molecule has 0 N–H and O–H groups in total. The van der Waals surface area contributed by atoms with Crippen LogP contribution in [-0.4, -0.2) is 13.1 Å². The number of esters is 1. The van der Waals surface area contributed by atoms with Crippen LogP contribution in [0.5, 0.6) is 0 Å². The van der Waals surface area contributed by atoms with E-state index in [9.17, 15) is 4.79 Å². The zero-order chi connectivity index (χ0) is 8.81. The molecule has 0 bridgehead atoms. The van der Waals surface area contributed by atoms with Gasteiger partial charge in [0.25, 0.3) is 0 Å². The zero-order valence-electron chi connectivity index (χ0n) is 7.58. The Balaban J connectivity index is 2.45. The minimum atomic E-state index is -0.0541. The molecule has 1 atom stereocenters. The highest BCUT2D eigenvalue weighted by atomic mass is 16.5. The summed E-state index contributed by atoms with van der Waals surface area (Å²) < 4.78 is 4.71. The highest BCUT2D eigenvalue weighted by Gasteiger charge is 2.17. The average molecular weight is 168 g/mol. The number of hydrogen-bond donors (Lipinski definition) is 0. The lowest BCUT2D eigenvalue weighted by atomic mass is 9.95. The maximum absolute atomic E-state index is 11.2. The van der Waals surface area contributed by atoms with Gasteiger partial charge in [-0.2, -0.15) is 0 Å². The lowest BCUT2D eigenvalue weighted by Crippen LogP contribution is -2.16. The summed E-state index contributed by atoms with van der Waals surface area (Å²) in [6.07, 6.45) is 9.60. The van der Waals surface area contributed by atoms with Gasteiger partial charge in [0.05, 0.1) is 13.0 Å². The van der Waals surface area contributed by atoms with Crippen molar-refractivity contribution in [2.75, 3.05) is 7.11 Å². The quantitative estimate of drug-likeness (QED) is 0.443. The first-order chi connectivity index (χ1) is 5.84. The summed E-state index contributed by atoms with van der Waals surface area (Å²) in [7, 11) is 1.46. The molecule has 0 spiro atoms. The fraction of sp³-hybridized carbons (Fsp3) is 0.700. The van der Waals surface area contributed by atoms with Crippen molar-refractivity contribution in [3.05, 3.63) is 12.2 Å². The normalized spacial score (nSPS) is 24.2. The molecule has 1 aliphatic carbocycles. The first-order valence-electron chi connectivity index (χ1n) is 4.57. The predicted octanol–water partition coefficient (Wildman–Crippen LogP) is 2.30. The van der Waals surface area contributed by atoms with E-state index in [2.05, 4.69) is 12.2 Å². The fourth-order valence-electron chi connectivity index (χ4n) is 1.53. The van der Waals surface area contributed by atoms with Crippen LogP contribution in [0.15, 0.2) is 12.2 Å². The van der Waals surface area contributed by atoms with Gasteiger partial charge in [-0.1, -0.05) is 18.6 Å². The molecule has 1 aliphatic rings. The second-order valence-electron chi connectivity index (χ2n) is 3.21. The standard InChI is InChI=1S/C10H16O2/c1-12-10(11)9-7-5-3-2-4-6-8-9/h3,5,9H,2,4,6-8H2,1H3. The molecular formula is C10H16O2. The van der Waals surface area contributed by atoms with Crippen molar-refractivity contribution in [2.24, 2.45) is 5.92 Å². The molecule has 12 heavy (non-hydrogen) atoms. The molecule has 0 radical (unpaired) electrons. The first kappa shape index (κ1) is 9.30. The van der Waals surface area contributed by atoms with Gasteiger partial charge < -0.3 is 4.74 Å². The molecule has 0 amide bonds. The monoisotopic (exact) mass is 168 g/mol. The Morgan fingerprint density at radius 1 is 1.42 bits per heavy atom. The molecule has 0 aromatic rings. The minimum Gasteiger partial charge on any atom is -0.469 e. The van der Waals surface area contributed by atoms with E-state index in [-0.39, 0.29) is 11.9 Å². The van der Waals surface area contributed by atoms with Gasteiger partial charge in [0.15, 0.2) is 0 Å². The van der Waals surface area contributed by atoms with E-state index >= 15 is 0 Å². The molecule has 0 heterocycles. The number of methoxy groups -OCH3 is 1. The molecule has 0 aromatic heterocycles. The molecule has 2 nitrogen and oxygen atoms in total. The number of rotatable bonds is 1. The third-order valence-electron chi connectivity index (χ3n) is 2.30. The minimum absolute atomic E-state index is 0.0541. The Labute approximate surface area is 73.6 Å². The second-order valence-corrected chi connectivity index (χ2v) is 3.21. The van der Waals surface area contributed by atoms with Crippen molar-refractivity contribution in [3.8, 4) is 0 Å².